The van der Waals surface area contributed by atoms with Crippen LogP contribution in [-0.4, -0.2) is 73.2 Å². The van der Waals surface area contributed by atoms with Crippen molar-refractivity contribution in [2.24, 2.45) is 0 Å². The molecule has 0 aromatic rings. The Morgan fingerprint density at radius 1 is 1.35 bits per heavy atom. The van der Waals surface area contributed by atoms with E-state index in [9.17, 15) is 4.79 Å². The maximum Gasteiger partial charge on any atom is 0.236 e. The van der Waals surface area contributed by atoms with Gasteiger partial charge in [0.15, 0.2) is 0 Å². The third-order valence-electron chi connectivity index (χ3n) is 5.05. The van der Waals surface area contributed by atoms with Gasteiger partial charge in [-0.05, 0) is 39.7 Å². The number of ether oxygens (including phenoxy) is 1. The van der Waals surface area contributed by atoms with Gasteiger partial charge in [0.05, 0.1) is 19.3 Å². The lowest BCUT2D eigenvalue weighted by Gasteiger charge is -2.37. The molecule has 3 rings (SSSR count). The van der Waals surface area contributed by atoms with Crippen molar-refractivity contribution in [3.8, 4) is 0 Å². The predicted molar refractivity (Wildman–Crippen MR) is 77.6 cm³/mol. The molecule has 0 aromatic carbocycles. The molecule has 0 spiro atoms. The molecule has 3 atom stereocenters. The monoisotopic (exact) mass is 281 g/mol. The van der Waals surface area contributed by atoms with Gasteiger partial charge in [-0.15, -0.1) is 0 Å². The summed E-state index contributed by atoms with van der Waals surface area (Å²) in [4.78, 5) is 16.6. The summed E-state index contributed by atoms with van der Waals surface area (Å²) in [5, 5.41) is 3.66. The number of rotatable bonds is 3. The van der Waals surface area contributed by atoms with E-state index in [1.807, 2.05) is 11.8 Å². The molecule has 3 fully saturated rings. The first-order valence-corrected chi connectivity index (χ1v) is 7.97. The standard InChI is InChI=1S/C15H27N3O2/c1-11-9-18(5-6-20-11)15(19)10-17(2)14-7-12-3-4-13(8-14)16-12/h11-14,16H,3-10H2,1-2H3. The van der Waals surface area contributed by atoms with Gasteiger partial charge in [0, 0.05) is 31.2 Å². The van der Waals surface area contributed by atoms with Crippen LogP contribution in [0, 0.1) is 0 Å². The minimum Gasteiger partial charge on any atom is -0.375 e. The van der Waals surface area contributed by atoms with Gasteiger partial charge in [-0.25, -0.2) is 0 Å². The smallest absolute Gasteiger partial charge is 0.236 e. The van der Waals surface area contributed by atoms with Gasteiger partial charge in [-0.1, -0.05) is 0 Å². The third-order valence-corrected chi connectivity index (χ3v) is 5.05. The Morgan fingerprint density at radius 3 is 2.70 bits per heavy atom. The number of carbonyl (C=O) groups excluding carboxylic acids is 1. The average molecular weight is 281 g/mol. The molecular weight excluding hydrogens is 254 g/mol. The molecule has 1 N–H and O–H groups in total. The highest BCUT2D eigenvalue weighted by Crippen LogP contribution is 2.29. The Labute approximate surface area is 121 Å². The van der Waals surface area contributed by atoms with Crippen LogP contribution in [0.2, 0.25) is 0 Å². The normalized spacial score (nSPS) is 37.5. The molecule has 0 radical (unpaired) electrons. The van der Waals surface area contributed by atoms with Crippen LogP contribution in [-0.2, 0) is 9.53 Å². The number of nitrogens with one attached hydrogen (secondary N) is 1. The minimum atomic E-state index is 0.174. The lowest BCUT2D eigenvalue weighted by molar-refractivity contribution is -0.139. The van der Waals surface area contributed by atoms with Crippen molar-refractivity contribution in [1.29, 1.82) is 0 Å². The van der Waals surface area contributed by atoms with E-state index in [1.54, 1.807) is 0 Å². The number of morpholine rings is 1. The first kappa shape index (κ1) is 14.3. The van der Waals surface area contributed by atoms with Crippen molar-refractivity contribution in [3.63, 3.8) is 0 Å². The molecule has 3 unspecified atom stereocenters. The highest BCUT2D eigenvalue weighted by atomic mass is 16.5. The summed E-state index contributed by atoms with van der Waals surface area (Å²) in [6.45, 7) is 4.75. The molecule has 3 aliphatic heterocycles. The molecule has 3 heterocycles. The highest BCUT2D eigenvalue weighted by Gasteiger charge is 2.35. The van der Waals surface area contributed by atoms with E-state index in [1.165, 1.54) is 25.7 Å². The number of likely N-dealkylation sites (N-methyl/N-ethyl adjacent to an activating group) is 1. The largest absolute Gasteiger partial charge is 0.375 e. The van der Waals surface area contributed by atoms with Gasteiger partial charge in [-0.3, -0.25) is 9.69 Å². The van der Waals surface area contributed by atoms with Gasteiger partial charge >= 0.3 is 0 Å². The van der Waals surface area contributed by atoms with Crippen LogP contribution < -0.4 is 5.32 Å². The molecule has 1 amide bonds. The fourth-order valence-corrected chi connectivity index (χ4v) is 3.87. The van der Waals surface area contributed by atoms with Crippen molar-refractivity contribution in [2.75, 3.05) is 33.3 Å². The van der Waals surface area contributed by atoms with E-state index < -0.39 is 0 Å². The van der Waals surface area contributed by atoms with Crippen molar-refractivity contribution in [2.45, 2.75) is 56.8 Å². The molecule has 2 bridgehead atoms. The van der Waals surface area contributed by atoms with E-state index in [4.69, 9.17) is 4.74 Å². The summed E-state index contributed by atoms with van der Waals surface area (Å²) < 4.78 is 5.50. The lowest BCUT2D eigenvalue weighted by atomic mass is 9.98. The number of piperidine rings is 1. The number of carbonyl (C=O) groups is 1. The van der Waals surface area contributed by atoms with Crippen LogP contribution in [0.15, 0.2) is 0 Å². The van der Waals surface area contributed by atoms with Gasteiger partial charge in [0.1, 0.15) is 0 Å². The molecule has 3 aliphatic rings. The lowest BCUT2D eigenvalue weighted by Crippen LogP contribution is -2.52. The average Bonchev–Trinajstić information content (AvgIpc) is 2.77. The van der Waals surface area contributed by atoms with E-state index >= 15 is 0 Å². The zero-order valence-corrected chi connectivity index (χ0v) is 12.7. The molecule has 0 aromatic heterocycles. The fourth-order valence-electron chi connectivity index (χ4n) is 3.87. The Balaban J connectivity index is 1.50. The molecule has 5 heteroatoms. The molecular formula is C15H27N3O2. The molecule has 20 heavy (non-hydrogen) atoms. The number of hydrogen-bond donors (Lipinski definition) is 1. The van der Waals surface area contributed by atoms with Gasteiger partial charge < -0.3 is 15.0 Å². The van der Waals surface area contributed by atoms with Crippen LogP contribution in [0.4, 0.5) is 0 Å². The molecule has 0 aliphatic carbocycles. The topological polar surface area (TPSA) is 44.8 Å². The molecule has 5 nitrogen and oxygen atoms in total. The zero-order valence-electron chi connectivity index (χ0n) is 12.7. The van der Waals surface area contributed by atoms with Crippen LogP contribution >= 0.6 is 0 Å². The summed E-state index contributed by atoms with van der Waals surface area (Å²) in [6.07, 6.45) is 5.18. The predicted octanol–water partition coefficient (Wildman–Crippen LogP) is 0.449. The first-order valence-electron chi connectivity index (χ1n) is 7.97. The van der Waals surface area contributed by atoms with Crippen molar-refractivity contribution in [3.05, 3.63) is 0 Å². The Morgan fingerprint density at radius 2 is 2.05 bits per heavy atom. The number of amides is 1. The second-order valence-corrected chi connectivity index (χ2v) is 6.70. The van der Waals surface area contributed by atoms with Crippen molar-refractivity contribution < 1.29 is 9.53 Å². The van der Waals surface area contributed by atoms with Gasteiger partial charge in [-0.2, -0.15) is 0 Å². The SMILES string of the molecule is CC1CN(C(=O)CN(C)C2CC3CCC(C2)N3)CCO1. The van der Waals surface area contributed by atoms with E-state index in [2.05, 4.69) is 17.3 Å². The second-order valence-electron chi connectivity index (χ2n) is 6.70. The quantitative estimate of drug-likeness (QED) is 0.816. The first-order chi connectivity index (χ1) is 9.61. The highest BCUT2D eigenvalue weighted by molar-refractivity contribution is 5.78. The van der Waals surface area contributed by atoms with Crippen LogP contribution in [0.1, 0.15) is 32.6 Å². The van der Waals surface area contributed by atoms with E-state index in [0.29, 0.717) is 31.3 Å². The zero-order chi connectivity index (χ0) is 14.1. The third kappa shape index (κ3) is 3.15. The van der Waals surface area contributed by atoms with Crippen molar-refractivity contribution in [1.82, 2.24) is 15.1 Å². The maximum absolute atomic E-state index is 12.4. The summed E-state index contributed by atoms with van der Waals surface area (Å²) in [7, 11) is 2.11. The van der Waals surface area contributed by atoms with Crippen LogP contribution in [0.5, 0.6) is 0 Å². The Kier molecular flexibility index (Phi) is 4.29. The maximum atomic E-state index is 12.4. The van der Waals surface area contributed by atoms with Gasteiger partial charge in [0.25, 0.3) is 0 Å². The number of nitrogens with zero attached hydrogens (tertiary/aromatic N) is 2. The summed E-state index contributed by atoms with van der Waals surface area (Å²) in [5.41, 5.74) is 0. The fraction of sp³-hybridized carbons (Fsp3) is 0.933. The van der Waals surface area contributed by atoms with E-state index in [0.717, 1.165) is 13.1 Å². The molecule has 0 saturated carbocycles. The van der Waals surface area contributed by atoms with Crippen LogP contribution in [0.25, 0.3) is 0 Å². The van der Waals surface area contributed by atoms with Crippen molar-refractivity contribution >= 4 is 5.91 Å². The molecule has 114 valence electrons. The Bertz CT molecular complexity index is 351. The van der Waals surface area contributed by atoms with Crippen LogP contribution in [0.3, 0.4) is 0 Å². The Hall–Kier alpha value is -0.650. The van der Waals surface area contributed by atoms with Gasteiger partial charge in [0.2, 0.25) is 5.91 Å². The number of hydrogen-bond acceptors (Lipinski definition) is 4. The summed E-state index contributed by atoms with van der Waals surface area (Å²) in [6, 6.07) is 1.93. The number of fused-ring (bicyclic) bond motifs is 2. The minimum absolute atomic E-state index is 0.174. The summed E-state index contributed by atoms with van der Waals surface area (Å²) >= 11 is 0. The van der Waals surface area contributed by atoms with E-state index in [-0.39, 0.29) is 12.0 Å². The molecule has 3 saturated heterocycles. The second kappa shape index (κ2) is 6.00. The summed E-state index contributed by atoms with van der Waals surface area (Å²) in [5.74, 6) is 0.258.